The number of hydrogen-bond donors (Lipinski definition) is 3. The lowest BCUT2D eigenvalue weighted by atomic mass is 10.3. The van der Waals surface area contributed by atoms with Crippen LogP contribution in [-0.4, -0.2) is 53.5 Å². The Morgan fingerprint density at radius 2 is 1.17 bits per heavy atom. The molecule has 6 heterocycles. The second-order valence-corrected chi connectivity index (χ2v) is 11.3. The van der Waals surface area contributed by atoms with Crippen LogP contribution in [0.15, 0.2) is 139 Å². The third kappa shape index (κ3) is 14.5. The monoisotopic (exact) mass is 660 g/mol. The molecule has 0 bridgehead atoms. The summed E-state index contributed by atoms with van der Waals surface area (Å²) in [5.74, 6) is 0. The predicted molar refractivity (Wildman–Crippen MR) is 198 cm³/mol. The molecule has 9 nitrogen and oxygen atoms in total. The molecule has 8 aromatic rings. The molecule has 2 fully saturated rings. The van der Waals surface area contributed by atoms with E-state index in [9.17, 15) is 0 Å². The minimum Gasteiger partial charge on any atom is -0.381 e. The van der Waals surface area contributed by atoms with Crippen molar-refractivity contribution in [1.82, 2.24) is 40.3 Å². The lowest BCUT2D eigenvalue weighted by Crippen LogP contribution is -1.74. The van der Waals surface area contributed by atoms with Crippen LogP contribution in [0, 0.1) is 0 Å². The summed E-state index contributed by atoms with van der Waals surface area (Å²) in [6.07, 6.45) is 19.0. The van der Waals surface area contributed by atoms with Gasteiger partial charge in [-0.05, 0) is 66.8 Å². The van der Waals surface area contributed by atoms with Gasteiger partial charge in [-0.3, -0.25) is 9.97 Å². The lowest BCUT2D eigenvalue weighted by Gasteiger charge is -1.83. The number of rotatable bonds is 0. The molecule has 1 saturated heterocycles. The normalized spacial score (nSPS) is 12.6. The zero-order valence-corrected chi connectivity index (χ0v) is 28.0. The van der Waals surface area contributed by atoms with Crippen LogP contribution in [0.5, 0.6) is 0 Å². The molecule has 2 aliphatic rings. The number of aromatic nitrogens is 8. The highest BCUT2D eigenvalue weighted by molar-refractivity contribution is 7.07. The van der Waals surface area contributed by atoms with E-state index in [4.69, 9.17) is 4.74 Å². The fraction of sp³-hybridized carbons (Fsp3) is 0.237. The van der Waals surface area contributed by atoms with Gasteiger partial charge in [0.1, 0.15) is 11.0 Å². The van der Waals surface area contributed by atoms with Gasteiger partial charge >= 0.3 is 0 Å². The van der Waals surface area contributed by atoms with E-state index >= 15 is 0 Å². The molecule has 10 rings (SSSR count). The number of para-hydroxylation sites is 5. The number of nitrogens with zero attached hydrogens (tertiary/aromatic N) is 5. The Bertz CT molecular complexity index is 1540. The molecular formula is C38H44N8OS. The maximum Gasteiger partial charge on any atom is 0.112 e. The van der Waals surface area contributed by atoms with Crippen LogP contribution in [0.3, 0.4) is 0 Å². The summed E-state index contributed by atoms with van der Waals surface area (Å²) in [5.41, 5.74) is 6.95. The average Bonchev–Trinajstić information content (AvgIpc) is 4.03. The van der Waals surface area contributed by atoms with Gasteiger partial charge in [-0.1, -0.05) is 80.6 Å². The Hall–Kier alpha value is -5.19. The molecule has 5 aromatic heterocycles. The van der Waals surface area contributed by atoms with Gasteiger partial charge in [-0.25, -0.2) is 4.98 Å². The van der Waals surface area contributed by atoms with Crippen LogP contribution in [0.4, 0.5) is 0 Å². The number of pyridine rings is 1. The van der Waals surface area contributed by atoms with E-state index < -0.39 is 0 Å². The lowest BCUT2D eigenvalue weighted by molar-refractivity contribution is 0.198. The highest BCUT2D eigenvalue weighted by atomic mass is 32.1. The first-order valence-corrected chi connectivity index (χ1v) is 17.2. The van der Waals surface area contributed by atoms with Crippen molar-refractivity contribution >= 4 is 44.3 Å². The van der Waals surface area contributed by atoms with E-state index in [2.05, 4.69) is 58.5 Å². The van der Waals surface area contributed by atoms with Gasteiger partial charge in [0.25, 0.3) is 0 Å². The Morgan fingerprint density at radius 3 is 1.65 bits per heavy atom. The minimum absolute atomic E-state index is 0.914. The van der Waals surface area contributed by atoms with Gasteiger partial charge in [-0.15, -0.1) is 11.3 Å². The van der Waals surface area contributed by atoms with Crippen molar-refractivity contribution in [3.63, 3.8) is 0 Å². The summed E-state index contributed by atoms with van der Waals surface area (Å²) in [6.45, 7) is 2.00. The highest BCUT2D eigenvalue weighted by Crippen LogP contribution is 2.15. The third-order valence-electron chi connectivity index (χ3n) is 7.00. The van der Waals surface area contributed by atoms with Crippen molar-refractivity contribution in [3.05, 3.63) is 139 Å². The number of hydrogen-bond acceptors (Lipinski definition) is 7. The molecule has 0 unspecified atom stereocenters. The van der Waals surface area contributed by atoms with Crippen molar-refractivity contribution in [1.29, 1.82) is 0 Å². The summed E-state index contributed by atoms with van der Waals surface area (Å²) < 4.78 is 4.94. The molecule has 0 radical (unpaired) electrons. The molecule has 3 N–H and O–H groups in total. The first kappa shape index (κ1) is 35.7. The van der Waals surface area contributed by atoms with Crippen LogP contribution in [0.25, 0.3) is 33.0 Å². The van der Waals surface area contributed by atoms with Gasteiger partial charge in [0, 0.05) is 48.9 Å². The largest absolute Gasteiger partial charge is 0.381 e. The molecule has 0 atom stereocenters. The van der Waals surface area contributed by atoms with E-state index in [1.165, 1.54) is 55.8 Å². The molecular weight excluding hydrogens is 617 g/mol. The van der Waals surface area contributed by atoms with Gasteiger partial charge in [0.15, 0.2) is 0 Å². The smallest absolute Gasteiger partial charge is 0.112 e. The van der Waals surface area contributed by atoms with Gasteiger partial charge < -0.3 is 14.7 Å². The van der Waals surface area contributed by atoms with Crippen LogP contribution in [0.1, 0.15) is 44.9 Å². The van der Waals surface area contributed by atoms with Crippen molar-refractivity contribution in [3.8, 4) is 0 Å². The molecule has 0 spiro atoms. The molecule has 48 heavy (non-hydrogen) atoms. The molecule has 0 amide bonds. The number of fused-ring (bicyclic) bond motifs is 3. The van der Waals surface area contributed by atoms with Gasteiger partial charge in [-0.2, -0.15) is 15.4 Å². The maximum atomic E-state index is 4.94. The van der Waals surface area contributed by atoms with Gasteiger partial charge in [0.2, 0.25) is 0 Å². The Morgan fingerprint density at radius 1 is 0.542 bits per heavy atom. The molecule has 1 aliphatic carbocycles. The van der Waals surface area contributed by atoms with Crippen molar-refractivity contribution in [2.75, 3.05) is 13.2 Å². The first-order chi connectivity index (χ1) is 23.9. The van der Waals surface area contributed by atoms with Crippen LogP contribution >= 0.6 is 11.3 Å². The van der Waals surface area contributed by atoms with Gasteiger partial charge in [0.05, 0.1) is 22.9 Å². The van der Waals surface area contributed by atoms with E-state index in [0.717, 1.165) is 35.3 Å². The standard InChI is InChI=1S/C8H7N.C7H6N2.C6H5N3.C5H5N.C5H10.C4H8O.C3H3NS/c1-2-4-8-7(3-1)5-6-9-8;1-2-4-7-6(3-1)8-5-9-7;1-2-4-6-5(3-1)7-9-8-6;1-2-4-6-5-3-1;2*1-2-4-5-3-1;1-2-5-3-4-1/h1-6,9H;1-5H,(H,8,9);1-4H,(H,7,8,9);1-5H;1-5H2;1-4H2;1-3H. The number of nitrogens with one attached hydrogen (secondary N) is 3. The predicted octanol–water partition coefficient (Wildman–Crippen LogP) is 9.66. The molecule has 1 aliphatic heterocycles. The third-order valence-corrected chi connectivity index (χ3v) is 7.53. The summed E-state index contributed by atoms with van der Waals surface area (Å²) in [5, 5.41) is 13.5. The number of thiazole rings is 1. The second-order valence-electron chi connectivity index (χ2n) is 10.6. The number of aromatic amines is 3. The molecule has 1 saturated carbocycles. The summed E-state index contributed by atoms with van der Waals surface area (Å²) >= 11 is 1.60. The molecule has 10 heteroatoms. The molecule has 3 aromatic carbocycles. The summed E-state index contributed by atoms with van der Waals surface area (Å²) in [6, 6.07) is 31.6. The van der Waals surface area contributed by atoms with Crippen molar-refractivity contribution in [2.45, 2.75) is 44.9 Å². The Balaban J connectivity index is 0.000000129. The first-order valence-electron chi connectivity index (χ1n) is 16.3. The zero-order chi connectivity index (χ0) is 33.2. The topological polar surface area (TPSA) is 121 Å². The zero-order valence-electron chi connectivity index (χ0n) is 27.2. The molecule has 248 valence electrons. The van der Waals surface area contributed by atoms with E-state index in [1.807, 2.05) is 90.4 Å². The minimum atomic E-state index is 0.914. The van der Waals surface area contributed by atoms with E-state index in [1.54, 1.807) is 41.8 Å². The second kappa shape index (κ2) is 23.2. The van der Waals surface area contributed by atoms with E-state index in [-0.39, 0.29) is 0 Å². The summed E-state index contributed by atoms with van der Waals surface area (Å²) in [4.78, 5) is 17.7. The quantitative estimate of drug-likeness (QED) is 0.149. The van der Waals surface area contributed by atoms with Crippen LogP contribution in [0.2, 0.25) is 0 Å². The van der Waals surface area contributed by atoms with Crippen molar-refractivity contribution in [2.24, 2.45) is 0 Å². The number of benzene rings is 3. The van der Waals surface area contributed by atoms with Crippen LogP contribution in [-0.2, 0) is 4.74 Å². The Labute approximate surface area is 285 Å². The highest BCUT2D eigenvalue weighted by Gasteiger charge is 1.96. The fourth-order valence-electron chi connectivity index (χ4n) is 4.54. The number of imidazole rings is 1. The Kier molecular flexibility index (Phi) is 17.2. The SMILES string of the molecule is C1CCCC1.C1CCOC1.c1ccc2[nH]ccc2c1.c1ccc2[nH]cnc2c1.c1ccc2n[nH]nc2c1.c1ccncc1.c1cscn1. The van der Waals surface area contributed by atoms with Crippen molar-refractivity contribution < 1.29 is 4.74 Å². The number of ether oxygens (including phenoxy) is 1. The average molecular weight is 661 g/mol. The number of H-pyrrole nitrogens is 3. The maximum absolute atomic E-state index is 4.94. The van der Waals surface area contributed by atoms with Crippen LogP contribution < -0.4 is 0 Å². The fourth-order valence-corrected chi connectivity index (χ4v) is 4.89. The summed E-state index contributed by atoms with van der Waals surface area (Å²) in [7, 11) is 0. The van der Waals surface area contributed by atoms with E-state index in [0.29, 0.717) is 0 Å².